The fourth-order valence-electron chi connectivity index (χ4n) is 1.68. The minimum absolute atomic E-state index is 0.103. The largest absolute Gasteiger partial charge is 0.253 e. The fraction of sp³-hybridized carbons (Fsp3) is 0. The zero-order chi connectivity index (χ0) is 13.6. The molecule has 96 valence electrons. The molecule has 0 saturated carbocycles. The van der Waals surface area contributed by atoms with Gasteiger partial charge < -0.3 is 0 Å². The molecule has 3 rings (SSSR count). The van der Waals surface area contributed by atoms with E-state index in [1.165, 1.54) is 17.0 Å². The van der Waals surface area contributed by atoms with E-state index in [4.69, 9.17) is 11.6 Å². The van der Waals surface area contributed by atoms with Gasteiger partial charge in [0.25, 0.3) is 5.78 Å². The molecular formula is C11H4ClF3N4. The number of benzene rings is 1. The van der Waals surface area contributed by atoms with Gasteiger partial charge in [-0.25, -0.2) is 17.7 Å². The average Bonchev–Trinajstić information content (AvgIpc) is 2.81. The molecule has 0 spiro atoms. The second-order valence-electron chi connectivity index (χ2n) is 3.67. The van der Waals surface area contributed by atoms with Crippen molar-refractivity contribution in [3.8, 4) is 11.1 Å². The Morgan fingerprint density at radius 1 is 1.11 bits per heavy atom. The molecule has 2 aromatic heterocycles. The Hall–Kier alpha value is -2.15. The molecule has 0 aliphatic carbocycles. The molecule has 2 heterocycles. The highest BCUT2D eigenvalue weighted by atomic mass is 35.5. The molecule has 8 heteroatoms. The van der Waals surface area contributed by atoms with Crippen LogP contribution in [0.5, 0.6) is 0 Å². The van der Waals surface area contributed by atoms with Gasteiger partial charge in [0.1, 0.15) is 17.3 Å². The van der Waals surface area contributed by atoms with Crippen molar-refractivity contribution in [2.45, 2.75) is 0 Å². The van der Waals surface area contributed by atoms with Crippen molar-refractivity contribution in [2.24, 2.45) is 0 Å². The minimum atomic E-state index is -1.33. The lowest BCUT2D eigenvalue weighted by molar-refractivity contribution is 0.499. The summed E-state index contributed by atoms with van der Waals surface area (Å²) < 4.78 is 41.8. The van der Waals surface area contributed by atoms with Crippen molar-refractivity contribution in [3.05, 3.63) is 47.3 Å². The van der Waals surface area contributed by atoms with Gasteiger partial charge in [-0.1, -0.05) is 11.6 Å². The molecule has 0 fully saturated rings. The van der Waals surface area contributed by atoms with Crippen LogP contribution in [0.3, 0.4) is 0 Å². The van der Waals surface area contributed by atoms with E-state index in [9.17, 15) is 13.2 Å². The van der Waals surface area contributed by atoms with Crippen molar-refractivity contribution in [1.29, 1.82) is 0 Å². The second kappa shape index (κ2) is 4.20. The molecule has 0 bridgehead atoms. The monoisotopic (exact) mass is 284 g/mol. The van der Waals surface area contributed by atoms with E-state index in [1.54, 1.807) is 0 Å². The molecule has 19 heavy (non-hydrogen) atoms. The maximum Gasteiger partial charge on any atom is 0.253 e. The maximum absolute atomic E-state index is 13.7. The molecule has 0 unspecified atom stereocenters. The Morgan fingerprint density at radius 3 is 2.63 bits per heavy atom. The summed E-state index contributed by atoms with van der Waals surface area (Å²) in [7, 11) is 0. The third-order valence-electron chi connectivity index (χ3n) is 2.54. The quantitative estimate of drug-likeness (QED) is 0.510. The summed E-state index contributed by atoms with van der Waals surface area (Å²) in [6.07, 6.45) is 2.44. The van der Waals surface area contributed by atoms with Crippen LogP contribution in [0.1, 0.15) is 0 Å². The van der Waals surface area contributed by atoms with Crippen molar-refractivity contribution in [1.82, 2.24) is 19.6 Å². The number of aromatic nitrogens is 4. The van der Waals surface area contributed by atoms with Crippen LogP contribution in [-0.4, -0.2) is 19.6 Å². The summed E-state index contributed by atoms with van der Waals surface area (Å²) in [6, 6.07) is 1.51. The standard InChI is InChI=1S/C11H4ClF3N4/c12-10-5(3-19-11(18-10)16-4-17-19)8-6(13)1-2-7(14)9(8)15/h1-4H. The summed E-state index contributed by atoms with van der Waals surface area (Å²) in [5.74, 6) is -3.28. The number of nitrogens with zero attached hydrogens (tertiary/aromatic N) is 4. The normalized spacial score (nSPS) is 11.2. The third kappa shape index (κ3) is 1.82. The van der Waals surface area contributed by atoms with Crippen LogP contribution >= 0.6 is 11.6 Å². The molecular weight excluding hydrogens is 281 g/mol. The highest BCUT2D eigenvalue weighted by molar-refractivity contribution is 6.32. The summed E-state index contributed by atoms with van der Waals surface area (Å²) in [4.78, 5) is 7.59. The van der Waals surface area contributed by atoms with E-state index in [2.05, 4.69) is 15.1 Å². The molecule has 0 saturated heterocycles. The highest BCUT2D eigenvalue weighted by Crippen LogP contribution is 2.31. The number of fused-ring (bicyclic) bond motifs is 1. The van der Waals surface area contributed by atoms with Crippen molar-refractivity contribution >= 4 is 17.4 Å². The van der Waals surface area contributed by atoms with Gasteiger partial charge in [0.2, 0.25) is 0 Å². The van der Waals surface area contributed by atoms with E-state index in [1.807, 2.05) is 0 Å². The highest BCUT2D eigenvalue weighted by Gasteiger charge is 2.20. The zero-order valence-electron chi connectivity index (χ0n) is 9.11. The molecule has 0 atom stereocenters. The van der Waals surface area contributed by atoms with Gasteiger partial charge in [0, 0.05) is 11.8 Å². The van der Waals surface area contributed by atoms with Gasteiger partial charge in [-0.3, -0.25) is 0 Å². The molecule has 0 radical (unpaired) electrons. The van der Waals surface area contributed by atoms with Crippen LogP contribution in [0.15, 0.2) is 24.7 Å². The average molecular weight is 285 g/mol. The molecule has 4 nitrogen and oxygen atoms in total. The molecule has 3 aromatic rings. The fourth-order valence-corrected chi connectivity index (χ4v) is 1.90. The molecule has 1 aromatic carbocycles. The van der Waals surface area contributed by atoms with Crippen LogP contribution in [0.4, 0.5) is 13.2 Å². The molecule has 0 aliphatic heterocycles. The Morgan fingerprint density at radius 2 is 1.84 bits per heavy atom. The Labute approximate surface area is 109 Å². The predicted molar refractivity (Wildman–Crippen MR) is 61.1 cm³/mol. The van der Waals surface area contributed by atoms with Crippen molar-refractivity contribution in [2.75, 3.05) is 0 Å². The first-order valence-electron chi connectivity index (χ1n) is 5.07. The van der Waals surface area contributed by atoms with E-state index >= 15 is 0 Å². The molecule has 0 aliphatic rings. The number of halogens is 4. The van der Waals surface area contributed by atoms with Gasteiger partial charge in [-0.2, -0.15) is 15.1 Å². The van der Waals surface area contributed by atoms with Gasteiger partial charge in [-0.05, 0) is 12.1 Å². The SMILES string of the molecule is Fc1ccc(F)c(-c2cn3ncnc3nc2Cl)c1F. The van der Waals surface area contributed by atoms with Gasteiger partial charge in [0.05, 0.1) is 5.56 Å². The first-order chi connectivity index (χ1) is 9.08. The Bertz CT molecular complexity index is 787. The van der Waals surface area contributed by atoms with Crippen molar-refractivity contribution in [3.63, 3.8) is 0 Å². The summed E-state index contributed by atoms with van der Waals surface area (Å²) in [6.45, 7) is 0. The summed E-state index contributed by atoms with van der Waals surface area (Å²) in [5.41, 5.74) is -0.691. The molecule has 0 amide bonds. The lowest BCUT2D eigenvalue weighted by Gasteiger charge is -2.07. The lowest BCUT2D eigenvalue weighted by Crippen LogP contribution is -1.99. The topological polar surface area (TPSA) is 43.1 Å². The van der Waals surface area contributed by atoms with Crippen LogP contribution in [-0.2, 0) is 0 Å². The van der Waals surface area contributed by atoms with Gasteiger partial charge >= 0.3 is 0 Å². The summed E-state index contributed by atoms with van der Waals surface area (Å²) in [5, 5.41) is 3.58. The smallest absolute Gasteiger partial charge is 0.206 e. The number of hydrogen-bond acceptors (Lipinski definition) is 3. The Kier molecular flexibility index (Phi) is 2.63. The first kappa shape index (κ1) is 11.9. The van der Waals surface area contributed by atoms with Gasteiger partial charge in [0.15, 0.2) is 11.6 Å². The third-order valence-corrected chi connectivity index (χ3v) is 2.83. The maximum atomic E-state index is 13.7. The number of hydrogen-bond donors (Lipinski definition) is 0. The summed E-state index contributed by atoms with van der Waals surface area (Å²) >= 11 is 5.84. The van der Waals surface area contributed by atoms with Gasteiger partial charge in [-0.15, -0.1) is 0 Å². The second-order valence-corrected chi connectivity index (χ2v) is 4.03. The Balaban J connectivity index is 2.35. The number of rotatable bonds is 1. The van der Waals surface area contributed by atoms with Crippen LogP contribution in [0.25, 0.3) is 16.9 Å². The van der Waals surface area contributed by atoms with Crippen LogP contribution < -0.4 is 0 Å². The molecule has 0 N–H and O–H groups in total. The first-order valence-corrected chi connectivity index (χ1v) is 5.45. The van der Waals surface area contributed by atoms with E-state index in [0.29, 0.717) is 6.07 Å². The van der Waals surface area contributed by atoms with E-state index in [-0.39, 0.29) is 16.5 Å². The van der Waals surface area contributed by atoms with Crippen LogP contribution in [0, 0.1) is 17.5 Å². The van der Waals surface area contributed by atoms with Crippen LogP contribution in [0.2, 0.25) is 5.15 Å². The minimum Gasteiger partial charge on any atom is -0.206 e. The zero-order valence-corrected chi connectivity index (χ0v) is 9.87. The van der Waals surface area contributed by atoms with Crippen molar-refractivity contribution < 1.29 is 13.2 Å². The predicted octanol–water partition coefficient (Wildman–Crippen LogP) is 2.86. The van der Waals surface area contributed by atoms with E-state index in [0.717, 1.165) is 6.07 Å². The van der Waals surface area contributed by atoms with E-state index < -0.39 is 23.0 Å². The lowest BCUT2D eigenvalue weighted by atomic mass is 10.1.